The molecule has 0 spiro atoms. The third-order valence-corrected chi connectivity index (χ3v) is 10.5. The number of hydrogen-bond donors (Lipinski definition) is 1. The maximum Gasteiger partial charge on any atom is 0.0541 e. The van der Waals surface area contributed by atoms with Crippen LogP contribution in [-0.4, -0.2) is 4.57 Å². The Labute approximate surface area is 362 Å². The van der Waals surface area contributed by atoms with Crippen LogP contribution in [0.5, 0.6) is 0 Å². The van der Waals surface area contributed by atoms with Crippen LogP contribution >= 0.6 is 0 Å². The number of fused-ring (bicyclic) bond motifs is 1. The second-order valence-corrected chi connectivity index (χ2v) is 15.7. The highest BCUT2D eigenvalue weighted by Gasteiger charge is 2.16. The van der Waals surface area contributed by atoms with Gasteiger partial charge in [-0.15, -0.1) is 0 Å². The van der Waals surface area contributed by atoms with Gasteiger partial charge in [0.25, 0.3) is 0 Å². The van der Waals surface area contributed by atoms with Gasteiger partial charge in [-0.2, -0.15) is 0 Å². The van der Waals surface area contributed by atoms with Crippen molar-refractivity contribution in [2.75, 3.05) is 5.32 Å². The zero-order valence-electron chi connectivity index (χ0n) is 35.8. The van der Waals surface area contributed by atoms with E-state index < -0.39 is 0 Å². The van der Waals surface area contributed by atoms with Crippen LogP contribution < -0.4 is 5.32 Å². The average Bonchev–Trinajstić information content (AvgIpc) is 3.61. The van der Waals surface area contributed by atoms with E-state index in [4.69, 9.17) is 0 Å². The average molecular weight is 791 g/mol. The molecule has 1 N–H and O–H groups in total. The SMILES string of the molecule is C=C/C=C(\C=C)c1ccc(-c2ccc(-n3c(C=C)c(/C=C\C)c4cc(-c5ccc(Nc6cccc(-c7ccc(-c8ccccc8)cc7)c6)cc5)ccc43)cc2)cc1.CC(C)C. The van der Waals surface area contributed by atoms with Crippen molar-refractivity contribution in [2.45, 2.75) is 27.7 Å². The summed E-state index contributed by atoms with van der Waals surface area (Å²) in [7, 11) is 0. The van der Waals surface area contributed by atoms with Gasteiger partial charge in [-0.25, -0.2) is 0 Å². The largest absolute Gasteiger partial charge is 0.356 e. The predicted molar refractivity (Wildman–Crippen MR) is 268 cm³/mol. The monoisotopic (exact) mass is 790 g/mol. The van der Waals surface area contributed by atoms with Crippen molar-refractivity contribution in [1.82, 2.24) is 4.57 Å². The van der Waals surface area contributed by atoms with Crippen molar-refractivity contribution >= 4 is 40.0 Å². The quantitative estimate of drug-likeness (QED) is 0.122. The Morgan fingerprint density at radius 3 is 1.62 bits per heavy atom. The molecule has 7 aromatic carbocycles. The van der Waals surface area contributed by atoms with Crippen LogP contribution in [0.2, 0.25) is 0 Å². The second-order valence-electron chi connectivity index (χ2n) is 15.7. The van der Waals surface area contributed by atoms with Gasteiger partial charge < -0.3 is 9.88 Å². The molecule has 2 nitrogen and oxygen atoms in total. The number of anilines is 2. The van der Waals surface area contributed by atoms with E-state index in [2.05, 4.69) is 233 Å². The van der Waals surface area contributed by atoms with Crippen LogP contribution in [0.15, 0.2) is 214 Å². The zero-order chi connectivity index (χ0) is 42.7. The summed E-state index contributed by atoms with van der Waals surface area (Å²) >= 11 is 0. The van der Waals surface area contributed by atoms with Crippen LogP contribution in [0.25, 0.3) is 78.8 Å². The molecule has 0 fully saturated rings. The molecule has 8 aromatic rings. The minimum Gasteiger partial charge on any atom is -0.356 e. The Bertz CT molecular complexity index is 2810. The van der Waals surface area contributed by atoms with Crippen molar-refractivity contribution in [3.63, 3.8) is 0 Å². The first-order chi connectivity index (χ1) is 29.8. The molecule has 0 saturated heterocycles. The van der Waals surface area contributed by atoms with Gasteiger partial charge in [0.1, 0.15) is 0 Å². The van der Waals surface area contributed by atoms with E-state index in [0.29, 0.717) is 0 Å². The van der Waals surface area contributed by atoms with Gasteiger partial charge in [0.2, 0.25) is 0 Å². The van der Waals surface area contributed by atoms with Gasteiger partial charge in [-0.1, -0.05) is 192 Å². The van der Waals surface area contributed by atoms with E-state index in [1.807, 2.05) is 24.3 Å². The van der Waals surface area contributed by atoms with Gasteiger partial charge >= 0.3 is 0 Å². The number of hydrogen-bond acceptors (Lipinski definition) is 1. The number of rotatable bonds is 12. The molecule has 0 amide bonds. The first-order valence-corrected chi connectivity index (χ1v) is 21.0. The summed E-state index contributed by atoms with van der Waals surface area (Å²) in [5.41, 5.74) is 18.1. The number of nitrogens with one attached hydrogen (secondary N) is 1. The number of benzene rings is 7. The van der Waals surface area contributed by atoms with Crippen molar-refractivity contribution in [3.8, 4) is 50.2 Å². The molecule has 0 aliphatic rings. The van der Waals surface area contributed by atoms with Crippen LogP contribution in [0.1, 0.15) is 44.5 Å². The van der Waals surface area contributed by atoms with Crippen molar-refractivity contribution in [3.05, 3.63) is 231 Å². The Hall–Kier alpha value is -7.42. The van der Waals surface area contributed by atoms with Crippen molar-refractivity contribution in [2.24, 2.45) is 5.92 Å². The fourth-order valence-corrected chi connectivity index (χ4v) is 7.58. The molecule has 0 saturated carbocycles. The molecule has 0 aliphatic carbocycles. The van der Waals surface area contributed by atoms with Crippen LogP contribution in [-0.2, 0) is 0 Å². The summed E-state index contributed by atoms with van der Waals surface area (Å²) in [6, 6.07) is 60.6. The standard InChI is InChI=1S/C55H44N2.C4H10/c1-5-13-39(7-3)41-19-21-43(22-20-41)44-29-34-51(35-30-44)57-54(8-4)52(14-6-2)53-38-48(31-36-55(53)57)46-27-32-49(33-28-46)56-50-18-12-17-47(37-50)45-25-23-42(24-26-45)40-15-10-9-11-16-40;1-4(2)3/h5-38,56H,1,3-4H2,2H3;4H,1-3H3/b14-6-,39-13+;. The molecule has 0 bridgehead atoms. The normalized spacial score (nSPS) is 11.3. The smallest absolute Gasteiger partial charge is 0.0541 e. The van der Waals surface area contributed by atoms with Gasteiger partial charge in [0.05, 0.1) is 11.2 Å². The third-order valence-electron chi connectivity index (χ3n) is 10.5. The maximum atomic E-state index is 4.25. The number of nitrogens with zero attached hydrogens (tertiary/aromatic N) is 1. The Kier molecular flexibility index (Phi) is 13.4. The van der Waals surface area contributed by atoms with Gasteiger partial charge in [-0.3, -0.25) is 0 Å². The van der Waals surface area contributed by atoms with E-state index in [9.17, 15) is 0 Å². The van der Waals surface area contributed by atoms with Gasteiger partial charge in [0.15, 0.2) is 0 Å². The first kappa shape index (κ1) is 41.7. The van der Waals surface area contributed by atoms with Crippen LogP contribution in [0, 0.1) is 5.92 Å². The highest BCUT2D eigenvalue weighted by atomic mass is 15.0. The molecule has 0 aliphatic heterocycles. The number of aromatic nitrogens is 1. The summed E-state index contributed by atoms with van der Waals surface area (Å²) in [5, 5.41) is 4.80. The molecule has 0 radical (unpaired) electrons. The summed E-state index contributed by atoms with van der Waals surface area (Å²) in [5.74, 6) is 0.833. The fraction of sp³-hybridized carbons (Fsp3) is 0.0847. The molecular weight excluding hydrogens is 737 g/mol. The topological polar surface area (TPSA) is 17.0 Å². The minimum atomic E-state index is 0.833. The van der Waals surface area contributed by atoms with Gasteiger partial charge in [-0.05, 0) is 123 Å². The van der Waals surface area contributed by atoms with Crippen molar-refractivity contribution in [1.29, 1.82) is 0 Å². The molecular formula is C59H54N2. The van der Waals surface area contributed by atoms with Crippen LogP contribution in [0.3, 0.4) is 0 Å². The maximum absolute atomic E-state index is 4.25. The Morgan fingerprint density at radius 2 is 1.05 bits per heavy atom. The molecule has 1 aromatic heterocycles. The zero-order valence-corrected chi connectivity index (χ0v) is 35.8. The summed E-state index contributed by atoms with van der Waals surface area (Å²) in [6.45, 7) is 20.6. The molecule has 300 valence electrons. The lowest BCUT2D eigenvalue weighted by Gasteiger charge is -2.12. The predicted octanol–water partition coefficient (Wildman–Crippen LogP) is 17.1. The van der Waals surface area contributed by atoms with E-state index in [1.54, 1.807) is 6.08 Å². The van der Waals surface area contributed by atoms with Crippen molar-refractivity contribution < 1.29 is 0 Å². The third kappa shape index (κ3) is 9.73. The lowest BCUT2D eigenvalue weighted by Crippen LogP contribution is -1.97. The van der Waals surface area contributed by atoms with E-state index in [-0.39, 0.29) is 0 Å². The summed E-state index contributed by atoms with van der Waals surface area (Å²) in [4.78, 5) is 0. The second kappa shape index (κ2) is 19.6. The lowest BCUT2D eigenvalue weighted by molar-refractivity contribution is 0.737. The number of allylic oxidation sites excluding steroid dienone is 5. The Morgan fingerprint density at radius 1 is 0.541 bits per heavy atom. The van der Waals surface area contributed by atoms with E-state index in [0.717, 1.165) is 73.1 Å². The lowest BCUT2D eigenvalue weighted by atomic mass is 10.00. The molecule has 8 rings (SSSR count). The molecule has 61 heavy (non-hydrogen) atoms. The highest BCUT2D eigenvalue weighted by molar-refractivity contribution is 5.98. The molecule has 0 unspecified atom stereocenters. The molecule has 2 heteroatoms. The fourth-order valence-electron chi connectivity index (χ4n) is 7.58. The van der Waals surface area contributed by atoms with Gasteiger partial charge in [0, 0.05) is 28.0 Å². The molecule has 1 heterocycles. The van der Waals surface area contributed by atoms with Crippen LogP contribution in [0.4, 0.5) is 11.4 Å². The summed E-state index contributed by atoms with van der Waals surface area (Å²) in [6.07, 6.45) is 11.9. The minimum absolute atomic E-state index is 0.833. The summed E-state index contributed by atoms with van der Waals surface area (Å²) < 4.78 is 2.31. The first-order valence-electron chi connectivity index (χ1n) is 21.0. The van der Waals surface area contributed by atoms with E-state index >= 15 is 0 Å². The highest BCUT2D eigenvalue weighted by Crippen LogP contribution is 2.36. The molecule has 0 atom stereocenters. The Balaban J connectivity index is 0.00000134. The van der Waals surface area contributed by atoms with E-state index in [1.165, 1.54) is 27.6 Å².